The number of carbonyl (C=O) groups excluding carboxylic acids is 2. The zero-order valence-electron chi connectivity index (χ0n) is 11.5. The minimum Gasteiger partial charge on any atom is -0.495 e. The Morgan fingerprint density at radius 3 is 2.05 bits per heavy atom. The van der Waals surface area contributed by atoms with Gasteiger partial charge in [-0.3, -0.25) is 14.1 Å². The van der Waals surface area contributed by atoms with Crippen molar-refractivity contribution in [3.05, 3.63) is 17.7 Å². The lowest BCUT2D eigenvalue weighted by atomic mass is 10.2. The van der Waals surface area contributed by atoms with Crippen molar-refractivity contribution in [2.75, 3.05) is 12.0 Å². The third-order valence-electron chi connectivity index (χ3n) is 2.63. The van der Waals surface area contributed by atoms with Crippen molar-refractivity contribution in [1.82, 2.24) is 0 Å². The molecule has 0 aliphatic carbocycles. The molecule has 8 heteroatoms. The predicted molar refractivity (Wildman–Crippen MR) is 71.4 cm³/mol. The molecule has 0 radical (unpaired) electrons. The summed E-state index contributed by atoms with van der Waals surface area (Å²) in [6, 6.07) is 2.36. The van der Waals surface area contributed by atoms with Crippen LogP contribution in [0.3, 0.4) is 0 Å². The zero-order chi connectivity index (χ0) is 15.7. The topological polar surface area (TPSA) is 101 Å². The van der Waals surface area contributed by atoms with Crippen LogP contribution in [-0.2, 0) is 19.7 Å². The van der Waals surface area contributed by atoms with E-state index in [2.05, 4.69) is 0 Å². The average molecular weight is 301 g/mol. The molecular weight excluding hydrogens is 286 g/mol. The molecule has 20 heavy (non-hydrogen) atoms. The van der Waals surface area contributed by atoms with E-state index < -0.39 is 21.9 Å². The highest BCUT2D eigenvalue weighted by atomic mass is 32.2. The number of hydrogen-bond donors (Lipinski definition) is 1. The standard InChI is InChI=1S/C12H15NO6S/c1-7-5-10(13(8(2)14)9(3)15)11(19-4)6-12(7)20(16,17)18/h5-6H,1-4H3,(H,16,17,18). The van der Waals surface area contributed by atoms with Gasteiger partial charge >= 0.3 is 0 Å². The van der Waals surface area contributed by atoms with Gasteiger partial charge in [-0.05, 0) is 18.6 Å². The number of rotatable bonds is 3. The van der Waals surface area contributed by atoms with Crippen molar-refractivity contribution >= 4 is 27.6 Å². The van der Waals surface area contributed by atoms with Crippen molar-refractivity contribution in [2.45, 2.75) is 25.7 Å². The Bertz CT molecular complexity index is 651. The first-order valence-corrected chi connectivity index (χ1v) is 7.01. The van der Waals surface area contributed by atoms with Gasteiger partial charge in [-0.25, -0.2) is 4.90 Å². The second-order valence-electron chi connectivity index (χ2n) is 4.14. The molecular formula is C12H15NO6S. The van der Waals surface area contributed by atoms with Crippen LogP contribution in [0.5, 0.6) is 5.75 Å². The predicted octanol–water partition coefficient (Wildman–Crippen LogP) is 1.15. The Labute approximate surface area is 116 Å². The summed E-state index contributed by atoms with van der Waals surface area (Å²) in [5.74, 6) is -1.07. The van der Waals surface area contributed by atoms with Gasteiger partial charge in [-0.2, -0.15) is 8.42 Å². The van der Waals surface area contributed by atoms with Gasteiger partial charge in [-0.15, -0.1) is 0 Å². The summed E-state index contributed by atoms with van der Waals surface area (Å²) in [4.78, 5) is 23.6. The van der Waals surface area contributed by atoms with E-state index in [1.165, 1.54) is 33.9 Å². The molecule has 0 aliphatic heterocycles. The molecule has 0 unspecified atom stereocenters. The van der Waals surface area contributed by atoms with Crippen LogP contribution in [0.15, 0.2) is 17.0 Å². The fraction of sp³-hybridized carbons (Fsp3) is 0.333. The summed E-state index contributed by atoms with van der Waals surface area (Å²) in [5.41, 5.74) is 0.313. The quantitative estimate of drug-likeness (QED) is 0.840. The van der Waals surface area contributed by atoms with Gasteiger partial charge in [0, 0.05) is 19.9 Å². The van der Waals surface area contributed by atoms with Crippen molar-refractivity contribution in [2.24, 2.45) is 0 Å². The Balaban J connectivity index is 3.62. The van der Waals surface area contributed by atoms with Crippen molar-refractivity contribution < 1.29 is 27.3 Å². The van der Waals surface area contributed by atoms with Gasteiger partial charge in [-0.1, -0.05) is 0 Å². The number of hydrogen-bond acceptors (Lipinski definition) is 5. The minimum atomic E-state index is -4.42. The van der Waals surface area contributed by atoms with Gasteiger partial charge < -0.3 is 4.74 Å². The van der Waals surface area contributed by atoms with Crippen molar-refractivity contribution in [1.29, 1.82) is 0 Å². The summed E-state index contributed by atoms with van der Waals surface area (Å²) in [6.45, 7) is 3.84. The molecule has 1 N–H and O–H groups in total. The highest BCUT2D eigenvalue weighted by Gasteiger charge is 2.24. The third kappa shape index (κ3) is 3.14. The van der Waals surface area contributed by atoms with E-state index >= 15 is 0 Å². The van der Waals surface area contributed by atoms with E-state index in [0.717, 1.165) is 11.0 Å². The molecule has 0 saturated carbocycles. The molecule has 0 heterocycles. The molecule has 7 nitrogen and oxygen atoms in total. The van der Waals surface area contributed by atoms with Gasteiger partial charge in [0.1, 0.15) is 10.6 Å². The lowest BCUT2D eigenvalue weighted by molar-refractivity contribution is -0.124. The second kappa shape index (κ2) is 5.59. The first-order chi connectivity index (χ1) is 9.09. The van der Waals surface area contributed by atoms with E-state index in [0.29, 0.717) is 0 Å². The highest BCUT2D eigenvalue weighted by molar-refractivity contribution is 7.85. The summed E-state index contributed by atoms with van der Waals surface area (Å²) >= 11 is 0. The van der Waals surface area contributed by atoms with Crippen molar-refractivity contribution in [3.63, 3.8) is 0 Å². The molecule has 110 valence electrons. The fourth-order valence-corrected chi connectivity index (χ4v) is 2.55. The molecule has 1 aromatic rings. The number of aryl methyl sites for hydroxylation is 1. The molecule has 0 aliphatic rings. The van der Waals surface area contributed by atoms with Crippen LogP contribution in [-0.4, -0.2) is 31.9 Å². The number of ether oxygens (including phenoxy) is 1. The van der Waals surface area contributed by atoms with Crippen LogP contribution in [0.1, 0.15) is 19.4 Å². The number of carbonyl (C=O) groups is 2. The molecule has 0 bridgehead atoms. The summed E-state index contributed by atoms with van der Waals surface area (Å²) in [5, 5.41) is 0. The summed E-state index contributed by atoms with van der Waals surface area (Å²) in [6.07, 6.45) is 0. The van der Waals surface area contributed by atoms with E-state index in [4.69, 9.17) is 9.29 Å². The fourth-order valence-electron chi connectivity index (χ4n) is 1.83. The van der Waals surface area contributed by atoms with E-state index in [9.17, 15) is 18.0 Å². The number of nitrogens with zero attached hydrogens (tertiary/aromatic N) is 1. The number of anilines is 1. The first kappa shape index (κ1) is 16.1. The molecule has 1 aromatic carbocycles. The first-order valence-electron chi connectivity index (χ1n) is 5.57. The Morgan fingerprint density at radius 2 is 1.70 bits per heavy atom. The van der Waals surface area contributed by atoms with Crippen LogP contribution in [0, 0.1) is 6.92 Å². The van der Waals surface area contributed by atoms with Crippen molar-refractivity contribution in [3.8, 4) is 5.75 Å². The molecule has 1 rings (SSSR count). The Hall–Kier alpha value is -1.93. The molecule has 2 amide bonds. The summed E-state index contributed by atoms with van der Waals surface area (Å²) in [7, 11) is -3.15. The van der Waals surface area contributed by atoms with Gasteiger partial charge in [0.25, 0.3) is 10.1 Å². The number of imide groups is 1. The van der Waals surface area contributed by atoms with Crippen LogP contribution in [0.4, 0.5) is 5.69 Å². The Kier molecular flexibility index (Phi) is 4.51. The largest absolute Gasteiger partial charge is 0.495 e. The lowest BCUT2D eigenvalue weighted by Crippen LogP contribution is -2.33. The number of amides is 2. The SMILES string of the molecule is COc1cc(S(=O)(=O)O)c(C)cc1N(C(C)=O)C(C)=O. The van der Waals surface area contributed by atoms with Crippen LogP contribution < -0.4 is 9.64 Å². The average Bonchev–Trinajstić information content (AvgIpc) is 2.26. The molecule has 0 spiro atoms. The molecule has 0 aromatic heterocycles. The normalized spacial score (nSPS) is 11.1. The monoisotopic (exact) mass is 301 g/mol. The van der Waals surface area contributed by atoms with E-state index in [1.807, 2.05) is 0 Å². The van der Waals surface area contributed by atoms with Crippen LogP contribution >= 0.6 is 0 Å². The van der Waals surface area contributed by atoms with E-state index in [1.54, 1.807) is 0 Å². The van der Waals surface area contributed by atoms with Crippen LogP contribution in [0.25, 0.3) is 0 Å². The highest BCUT2D eigenvalue weighted by Crippen LogP contribution is 2.33. The minimum absolute atomic E-state index is 0.00590. The van der Waals surface area contributed by atoms with Gasteiger partial charge in [0.05, 0.1) is 12.8 Å². The Morgan fingerprint density at radius 1 is 1.20 bits per heavy atom. The molecule has 0 saturated heterocycles. The zero-order valence-corrected chi connectivity index (χ0v) is 12.3. The summed E-state index contributed by atoms with van der Waals surface area (Å²) < 4.78 is 36.5. The third-order valence-corrected chi connectivity index (χ3v) is 3.62. The molecule has 0 fully saturated rings. The molecule has 0 atom stereocenters. The maximum atomic E-state index is 11.5. The maximum Gasteiger partial charge on any atom is 0.294 e. The maximum absolute atomic E-state index is 11.5. The van der Waals surface area contributed by atoms with Gasteiger partial charge in [0.2, 0.25) is 11.8 Å². The number of methoxy groups -OCH3 is 1. The lowest BCUT2D eigenvalue weighted by Gasteiger charge is -2.21. The second-order valence-corrected chi connectivity index (χ2v) is 5.53. The van der Waals surface area contributed by atoms with Gasteiger partial charge in [0.15, 0.2) is 0 Å². The van der Waals surface area contributed by atoms with Crippen LogP contribution in [0.2, 0.25) is 0 Å². The number of benzene rings is 1. The smallest absolute Gasteiger partial charge is 0.294 e. The van der Waals surface area contributed by atoms with E-state index in [-0.39, 0.29) is 21.9 Å².